The zero-order valence-corrected chi connectivity index (χ0v) is 20.5. The van der Waals surface area contributed by atoms with Crippen LogP contribution in [0.1, 0.15) is 46.6 Å². The molecule has 8 heteroatoms. The number of benzene rings is 1. The summed E-state index contributed by atoms with van der Waals surface area (Å²) in [5, 5.41) is 4.46. The number of pyridine rings is 1. The van der Waals surface area contributed by atoms with E-state index in [-0.39, 0.29) is 18.4 Å². The Balaban J connectivity index is 1.27. The molecule has 2 fully saturated rings. The van der Waals surface area contributed by atoms with Gasteiger partial charge in [-0.25, -0.2) is 9.67 Å². The molecule has 0 radical (unpaired) electrons. The highest BCUT2D eigenvalue weighted by molar-refractivity contribution is 5.95. The lowest BCUT2D eigenvalue weighted by Crippen LogP contribution is -2.55. The van der Waals surface area contributed by atoms with Crippen LogP contribution in [0.4, 0.5) is 5.69 Å². The van der Waals surface area contributed by atoms with Crippen LogP contribution in [-0.2, 0) is 9.53 Å². The Hall–Kier alpha value is -3.52. The first-order valence-corrected chi connectivity index (χ1v) is 12.1. The maximum Gasteiger partial charge on any atom is 0.255 e. The van der Waals surface area contributed by atoms with Gasteiger partial charge in [-0.3, -0.25) is 9.59 Å². The number of aryl methyl sites for hydroxylation is 3. The number of hydrogen-bond acceptors (Lipinski definition) is 5. The van der Waals surface area contributed by atoms with Crippen molar-refractivity contribution >= 4 is 17.5 Å². The molecule has 2 aliphatic heterocycles. The van der Waals surface area contributed by atoms with Crippen molar-refractivity contribution in [2.75, 3.05) is 31.1 Å². The molecule has 1 aromatic carbocycles. The maximum absolute atomic E-state index is 13.3. The van der Waals surface area contributed by atoms with Gasteiger partial charge in [-0.2, -0.15) is 5.10 Å². The first-order chi connectivity index (χ1) is 16.8. The minimum Gasteiger partial charge on any atom is -0.363 e. The Bertz CT molecular complexity index is 1230. The summed E-state index contributed by atoms with van der Waals surface area (Å²) in [7, 11) is 0. The molecular formula is C27H31N5O3. The molecule has 3 aromatic rings. The predicted octanol–water partition coefficient (Wildman–Crippen LogP) is 3.62. The quantitative estimate of drug-likeness (QED) is 0.581. The number of carbonyl (C=O) groups is 2. The van der Waals surface area contributed by atoms with Gasteiger partial charge in [0.2, 0.25) is 0 Å². The molecule has 2 aromatic heterocycles. The molecule has 0 N–H and O–H groups in total. The molecule has 0 aliphatic carbocycles. The van der Waals surface area contributed by atoms with E-state index >= 15 is 0 Å². The molecule has 8 nitrogen and oxygen atoms in total. The van der Waals surface area contributed by atoms with E-state index in [2.05, 4.69) is 10.1 Å². The average molecular weight is 474 g/mol. The second kappa shape index (κ2) is 9.26. The third-order valence-electron chi connectivity index (χ3n) is 7.00. The van der Waals surface area contributed by atoms with Gasteiger partial charge in [-0.1, -0.05) is 17.7 Å². The zero-order chi connectivity index (χ0) is 24.6. The second-order valence-corrected chi connectivity index (χ2v) is 9.68. The van der Waals surface area contributed by atoms with Gasteiger partial charge in [0.05, 0.1) is 23.4 Å². The van der Waals surface area contributed by atoms with Crippen LogP contribution in [0.25, 0.3) is 5.82 Å². The Labute approximate surface area is 205 Å². The molecular weight excluding hydrogens is 442 g/mol. The van der Waals surface area contributed by atoms with E-state index in [1.54, 1.807) is 10.9 Å². The van der Waals surface area contributed by atoms with E-state index in [9.17, 15) is 9.59 Å². The standard InChI is InChI=1S/C27H31N5O3/c1-19-5-8-23(9-6-19)31-18-27(35-17-25(31)33)11-4-13-30(14-12-27)26(34)22-7-10-24(28-16-22)32-21(3)15-20(2)29-32/h5-10,15-16H,4,11-14,17-18H2,1-3H3/t27-/m0/s1. The summed E-state index contributed by atoms with van der Waals surface area (Å²) in [6.07, 6.45) is 3.94. The smallest absolute Gasteiger partial charge is 0.255 e. The fourth-order valence-electron chi connectivity index (χ4n) is 5.03. The van der Waals surface area contributed by atoms with Crippen molar-refractivity contribution in [3.8, 4) is 5.82 Å². The molecule has 2 aliphatic rings. The van der Waals surface area contributed by atoms with Crippen LogP contribution in [0, 0.1) is 20.8 Å². The van der Waals surface area contributed by atoms with Crippen molar-refractivity contribution in [3.63, 3.8) is 0 Å². The van der Waals surface area contributed by atoms with Crippen LogP contribution < -0.4 is 4.90 Å². The fraction of sp³-hybridized carbons (Fsp3) is 0.407. The van der Waals surface area contributed by atoms with Crippen molar-refractivity contribution < 1.29 is 14.3 Å². The number of morpholine rings is 1. The summed E-state index contributed by atoms with van der Waals surface area (Å²) in [5.74, 6) is 0.639. The molecule has 2 amide bonds. The topological polar surface area (TPSA) is 80.6 Å². The van der Waals surface area contributed by atoms with Gasteiger partial charge in [0.1, 0.15) is 6.61 Å². The van der Waals surface area contributed by atoms with E-state index in [4.69, 9.17) is 4.74 Å². The van der Waals surface area contributed by atoms with Crippen molar-refractivity contribution in [3.05, 3.63) is 71.2 Å². The molecule has 0 bridgehead atoms. The number of rotatable bonds is 3. The fourth-order valence-corrected chi connectivity index (χ4v) is 5.03. The summed E-state index contributed by atoms with van der Waals surface area (Å²) in [6.45, 7) is 7.77. The summed E-state index contributed by atoms with van der Waals surface area (Å²) in [6, 6.07) is 13.7. The van der Waals surface area contributed by atoms with E-state index in [0.717, 1.165) is 35.5 Å². The monoisotopic (exact) mass is 473 g/mol. The molecule has 0 unspecified atom stereocenters. The van der Waals surface area contributed by atoms with Crippen LogP contribution in [0.2, 0.25) is 0 Å². The number of hydrogen-bond donors (Lipinski definition) is 0. The Kier molecular flexibility index (Phi) is 6.15. The highest BCUT2D eigenvalue weighted by atomic mass is 16.5. The average Bonchev–Trinajstić information content (AvgIpc) is 3.07. The maximum atomic E-state index is 13.3. The van der Waals surface area contributed by atoms with Gasteiger partial charge >= 0.3 is 0 Å². The third kappa shape index (κ3) is 4.71. The summed E-state index contributed by atoms with van der Waals surface area (Å²) >= 11 is 0. The SMILES string of the molecule is Cc1ccc(N2C[C@@]3(CCCN(C(=O)c4ccc(-n5nc(C)cc5C)nc4)CC3)OCC2=O)cc1. The van der Waals surface area contributed by atoms with Gasteiger partial charge in [0.25, 0.3) is 11.8 Å². The lowest BCUT2D eigenvalue weighted by molar-refractivity contribution is -0.140. The van der Waals surface area contributed by atoms with Crippen molar-refractivity contribution in [1.29, 1.82) is 0 Å². The number of likely N-dealkylation sites (tertiary alicyclic amines) is 1. The predicted molar refractivity (Wildman–Crippen MR) is 133 cm³/mol. The van der Waals surface area contributed by atoms with Crippen LogP contribution in [-0.4, -0.2) is 63.3 Å². The van der Waals surface area contributed by atoms with Crippen LogP contribution in [0.5, 0.6) is 0 Å². The van der Waals surface area contributed by atoms with Gasteiger partial charge in [0.15, 0.2) is 5.82 Å². The van der Waals surface area contributed by atoms with Gasteiger partial charge in [-0.05, 0) is 70.4 Å². The van der Waals surface area contributed by atoms with Crippen molar-refractivity contribution in [2.24, 2.45) is 0 Å². The van der Waals surface area contributed by atoms with Crippen molar-refractivity contribution in [1.82, 2.24) is 19.7 Å². The molecule has 2 saturated heterocycles. The normalized spacial score (nSPS) is 20.8. The minimum absolute atomic E-state index is 0.0227. The number of nitrogens with zero attached hydrogens (tertiary/aromatic N) is 5. The lowest BCUT2D eigenvalue weighted by Gasteiger charge is -2.42. The molecule has 4 heterocycles. The lowest BCUT2D eigenvalue weighted by atomic mass is 9.92. The van der Waals surface area contributed by atoms with E-state index in [0.29, 0.717) is 37.4 Å². The van der Waals surface area contributed by atoms with Gasteiger partial charge in [0, 0.05) is 30.7 Å². The number of anilines is 1. The first kappa shape index (κ1) is 23.2. The molecule has 1 spiro atoms. The number of amides is 2. The van der Waals surface area contributed by atoms with E-state index < -0.39 is 5.60 Å². The van der Waals surface area contributed by atoms with Crippen LogP contribution in [0.15, 0.2) is 48.7 Å². The summed E-state index contributed by atoms with van der Waals surface area (Å²) in [4.78, 5) is 34.1. The highest BCUT2D eigenvalue weighted by Gasteiger charge is 2.42. The minimum atomic E-state index is -0.439. The van der Waals surface area contributed by atoms with E-state index in [1.165, 1.54) is 0 Å². The molecule has 0 saturated carbocycles. The Morgan fingerprint density at radius 3 is 2.51 bits per heavy atom. The third-order valence-corrected chi connectivity index (χ3v) is 7.00. The Morgan fingerprint density at radius 2 is 1.83 bits per heavy atom. The number of carbonyl (C=O) groups excluding carboxylic acids is 2. The largest absolute Gasteiger partial charge is 0.363 e. The summed E-state index contributed by atoms with van der Waals surface area (Å²) in [5.41, 5.74) is 4.10. The molecule has 1 atom stereocenters. The Morgan fingerprint density at radius 1 is 1.03 bits per heavy atom. The second-order valence-electron chi connectivity index (χ2n) is 9.68. The van der Waals surface area contributed by atoms with Gasteiger partial charge in [-0.15, -0.1) is 0 Å². The van der Waals surface area contributed by atoms with Crippen LogP contribution >= 0.6 is 0 Å². The van der Waals surface area contributed by atoms with Crippen LogP contribution in [0.3, 0.4) is 0 Å². The van der Waals surface area contributed by atoms with Crippen molar-refractivity contribution in [2.45, 2.75) is 45.6 Å². The highest BCUT2D eigenvalue weighted by Crippen LogP contribution is 2.33. The first-order valence-electron chi connectivity index (χ1n) is 12.1. The molecule has 182 valence electrons. The van der Waals surface area contributed by atoms with Gasteiger partial charge < -0.3 is 14.5 Å². The summed E-state index contributed by atoms with van der Waals surface area (Å²) < 4.78 is 7.91. The van der Waals surface area contributed by atoms with E-state index in [1.807, 2.05) is 73.0 Å². The number of aromatic nitrogens is 3. The molecule has 35 heavy (non-hydrogen) atoms. The zero-order valence-electron chi connectivity index (χ0n) is 20.5. The molecule has 5 rings (SSSR count). The number of ether oxygens (including phenoxy) is 1.